The molecule has 0 aromatic carbocycles. The third-order valence-corrected chi connectivity index (χ3v) is 3.85. The van der Waals surface area contributed by atoms with Crippen molar-refractivity contribution in [2.24, 2.45) is 5.92 Å². The summed E-state index contributed by atoms with van der Waals surface area (Å²) in [4.78, 5) is 22.7. The Hall–Kier alpha value is -2.44. The molecule has 116 valence electrons. The SMILES string of the molecule is Cc1cc(CNC(=O)C2CCN(c3cnccn3)CC2)on1. The van der Waals surface area contributed by atoms with Gasteiger partial charge in [0.15, 0.2) is 5.76 Å². The van der Waals surface area contributed by atoms with Gasteiger partial charge in [0.2, 0.25) is 5.91 Å². The lowest BCUT2D eigenvalue weighted by molar-refractivity contribution is -0.125. The fraction of sp³-hybridized carbons (Fsp3) is 0.467. The van der Waals surface area contributed by atoms with Crippen LogP contribution in [-0.2, 0) is 11.3 Å². The van der Waals surface area contributed by atoms with Gasteiger partial charge in [-0.25, -0.2) is 4.98 Å². The Morgan fingerprint density at radius 2 is 2.23 bits per heavy atom. The predicted octanol–water partition coefficient (Wildman–Crippen LogP) is 1.31. The van der Waals surface area contributed by atoms with Crippen LogP contribution >= 0.6 is 0 Å². The van der Waals surface area contributed by atoms with Crippen LogP contribution in [0.1, 0.15) is 24.3 Å². The van der Waals surface area contributed by atoms with Crippen molar-refractivity contribution in [3.8, 4) is 0 Å². The lowest BCUT2D eigenvalue weighted by Gasteiger charge is -2.31. The largest absolute Gasteiger partial charge is 0.359 e. The van der Waals surface area contributed by atoms with E-state index in [1.54, 1.807) is 18.6 Å². The zero-order valence-corrected chi connectivity index (χ0v) is 12.5. The van der Waals surface area contributed by atoms with Crippen molar-refractivity contribution in [2.45, 2.75) is 26.3 Å². The molecule has 0 radical (unpaired) electrons. The van der Waals surface area contributed by atoms with E-state index in [-0.39, 0.29) is 11.8 Å². The molecule has 2 aromatic heterocycles. The lowest BCUT2D eigenvalue weighted by atomic mass is 9.96. The highest BCUT2D eigenvalue weighted by molar-refractivity contribution is 5.78. The molecule has 22 heavy (non-hydrogen) atoms. The highest BCUT2D eigenvalue weighted by atomic mass is 16.5. The van der Waals surface area contributed by atoms with Crippen LogP contribution in [0, 0.1) is 12.8 Å². The zero-order chi connectivity index (χ0) is 15.4. The Balaban J connectivity index is 1.47. The maximum Gasteiger partial charge on any atom is 0.223 e. The van der Waals surface area contributed by atoms with Crippen molar-refractivity contribution < 1.29 is 9.32 Å². The molecule has 1 aliphatic heterocycles. The van der Waals surface area contributed by atoms with Crippen LogP contribution in [0.2, 0.25) is 0 Å². The van der Waals surface area contributed by atoms with Crippen molar-refractivity contribution >= 4 is 11.7 Å². The standard InChI is InChI=1S/C15H19N5O2/c1-11-8-13(22-19-11)9-18-15(21)12-2-6-20(7-3-12)14-10-16-4-5-17-14/h4-5,8,10,12H,2-3,6-7,9H2,1H3,(H,18,21). The van der Waals surface area contributed by atoms with Crippen molar-refractivity contribution in [3.63, 3.8) is 0 Å². The number of carbonyl (C=O) groups excluding carboxylic acids is 1. The van der Waals surface area contributed by atoms with Crippen molar-refractivity contribution in [1.29, 1.82) is 0 Å². The molecule has 1 aliphatic rings. The van der Waals surface area contributed by atoms with Gasteiger partial charge in [-0.15, -0.1) is 0 Å². The summed E-state index contributed by atoms with van der Waals surface area (Å²) in [6.45, 7) is 3.89. The monoisotopic (exact) mass is 301 g/mol. The molecule has 3 heterocycles. The first-order chi connectivity index (χ1) is 10.7. The van der Waals surface area contributed by atoms with Gasteiger partial charge >= 0.3 is 0 Å². The van der Waals surface area contributed by atoms with Gasteiger partial charge < -0.3 is 14.7 Å². The maximum atomic E-state index is 12.2. The molecule has 0 unspecified atom stereocenters. The van der Waals surface area contributed by atoms with Crippen molar-refractivity contribution in [1.82, 2.24) is 20.4 Å². The first-order valence-corrected chi connectivity index (χ1v) is 7.43. The quantitative estimate of drug-likeness (QED) is 0.916. The molecule has 3 rings (SSSR count). The van der Waals surface area contributed by atoms with E-state index < -0.39 is 0 Å². The van der Waals surface area contributed by atoms with E-state index in [0.717, 1.165) is 37.4 Å². The number of aromatic nitrogens is 3. The topological polar surface area (TPSA) is 84.2 Å². The first-order valence-electron chi connectivity index (χ1n) is 7.43. The van der Waals surface area contributed by atoms with Gasteiger partial charge in [-0.2, -0.15) is 0 Å². The average molecular weight is 301 g/mol. The van der Waals surface area contributed by atoms with Gasteiger partial charge in [0.05, 0.1) is 18.4 Å². The summed E-state index contributed by atoms with van der Waals surface area (Å²) in [5.41, 5.74) is 0.821. The van der Waals surface area contributed by atoms with Crippen molar-refractivity contribution in [2.75, 3.05) is 18.0 Å². The average Bonchev–Trinajstić information content (AvgIpc) is 2.99. The summed E-state index contributed by atoms with van der Waals surface area (Å²) >= 11 is 0. The molecule has 0 aliphatic carbocycles. The number of amides is 1. The smallest absolute Gasteiger partial charge is 0.223 e. The summed E-state index contributed by atoms with van der Waals surface area (Å²) in [6, 6.07) is 1.83. The summed E-state index contributed by atoms with van der Waals surface area (Å²) in [5.74, 6) is 1.67. The number of rotatable bonds is 4. The molecule has 0 saturated carbocycles. The molecule has 0 bridgehead atoms. The number of nitrogens with zero attached hydrogens (tertiary/aromatic N) is 4. The van der Waals surface area contributed by atoms with E-state index in [9.17, 15) is 4.79 Å². The summed E-state index contributed by atoms with van der Waals surface area (Å²) in [6.07, 6.45) is 6.74. The molecular formula is C15H19N5O2. The van der Waals surface area contributed by atoms with Gasteiger partial charge in [0.1, 0.15) is 5.82 Å². The minimum Gasteiger partial charge on any atom is -0.359 e. The molecule has 1 N–H and O–H groups in total. The third kappa shape index (κ3) is 3.41. The molecule has 1 saturated heterocycles. The Morgan fingerprint density at radius 1 is 1.41 bits per heavy atom. The highest BCUT2D eigenvalue weighted by Crippen LogP contribution is 2.21. The minimum absolute atomic E-state index is 0.0388. The van der Waals surface area contributed by atoms with E-state index in [4.69, 9.17) is 4.52 Å². The van der Waals surface area contributed by atoms with E-state index in [1.165, 1.54) is 0 Å². The fourth-order valence-corrected chi connectivity index (χ4v) is 2.64. The Bertz CT molecular complexity index is 620. The van der Waals surface area contributed by atoms with Crippen molar-refractivity contribution in [3.05, 3.63) is 36.1 Å². The van der Waals surface area contributed by atoms with Crippen LogP contribution in [0.15, 0.2) is 29.2 Å². The highest BCUT2D eigenvalue weighted by Gasteiger charge is 2.25. The second-order valence-corrected chi connectivity index (χ2v) is 5.48. The van der Waals surface area contributed by atoms with Gasteiger partial charge in [0, 0.05) is 37.5 Å². The van der Waals surface area contributed by atoms with Gasteiger partial charge in [-0.3, -0.25) is 9.78 Å². The molecule has 7 nitrogen and oxygen atoms in total. The lowest BCUT2D eigenvalue weighted by Crippen LogP contribution is -2.40. The zero-order valence-electron chi connectivity index (χ0n) is 12.5. The van der Waals surface area contributed by atoms with Crippen LogP contribution in [-0.4, -0.2) is 34.1 Å². The second kappa shape index (κ2) is 6.55. The number of hydrogen-bond acceptors (Lipinski definition) is 6. The Kier molecular flexibility index (Phi) is 4.32. The van der Waals surface area contributed by atoms with E-state index in [0.29, 0.717) is 12.3 Å². The minimum atomic E-state index is 0.0388. The summed E-state index contributed by atoms with van der Waals surface area (Å²) in [5, 5.41) is 6.72. The molecule has 0 spiro atoms. The Labute approximate surface area is 128 Å². The summed E-state index contributed by atoms with van der Waals surface area (Å²) in [7, 11) is 0. The molecular weight excluding hydrogens is 282 g/mol. The van der Waals surface area contributed by atoms with Crippen LogP contribution in [0.5, 0.6) is 0 Å². The van der Waals surface area contributed by atoms with Gasteiger partial charge in [0.25, 0.3) is 0 Å². The van der Waals surface area contributed by atoms with Crippen LogP contribution < -0.4 is 10.2 Å². The van der Waals surface area contributed by atoms with Gasteiger partial charge in [-0.05, 0) is 19.8 Å². The third-order valence-electron chi connectivity index (χ3n) is 3.85. The normalized spacial score (nSPS) is 15.8. The van der Waals surface area contributed by atoms with E-state index in [1.807, 2.05) is 13.0 Å². The molecule has 1 amide bonds. The number of hydrogen-bond donors (Lipinski definition) is 1. The predicted molar refractivity (Wildman–Crippen MR) is 80.1 cm³/mol. The second-order valence-electron chi connectivity index (χ2n) is 5.48. The van der Waals surface area contributed by atoms with E-state index in [2.05, 4.69) is 25.3 Å². The van der Waals surface area contributed by atoms with Crippen LogP contribution in [0.4, 0.5) is 5.82 Å². The van der Waals surface area contributed by atoms with E-state index >= 15 is 0 Å². The number of carbonyl (C=O) groups is 1. The number of anilines is 1. The number of aryl methyl sites for hydroxylation is 1. The van der Waals surface area contributed by atoms with Crippen LogP contribution in [0.3, 0.4) is 0 Å². The summed E-state index contributed by atoms with van der Waals surface area (Å²) < 4.78 is 5.09. The Morgan fingerprint density at radius 3 is 2.86 bits per heavy atom. The number of nitrogens with one attached hydrogen (secondary N) is 1. The maximum absolute atomic E-state index is 12.2. The molecule has 0 atom stereocenters. The molecule has 7 heteroatoms. The number of piperidine rings is 1. The molecule has 2 aromatic rings. The van der Waals surface area contributed by atoms with Crippen LogP contribution in [0.25, 0.3) is 0 Å². The van der Waals surface area contributed by atoms with Gasteiger partial charge in [-0.1, -0.05) is 5.16 Å². The first kappa shape index (κ1) is 14.5. The fourth-order valence-electron chi connectivity index (χ4n) is 2.64. The molecule has 1 fully saturated rings.